The summed E-state index contributed by atoms with van der Waals surface area (Å²) in [5, 5.41) is 13.0. The fraction of sp³-hybridized carbons (Fsp3) is 0.286. The van der Waals surface area contributed by atoms with E-state index in [0.29, 0.717) is 22.7 Å². The quantitative estimate of drug-likeness (QED) is 0.606. The number of aryl methyl sites for hydroxylation is 1. The highest BCUT2D eigenvalue weighted by Crippen LogP contribution is 2.27. The van der Waals surface area contributed by atoms with Crippen LogP contribution in [0.5, 0.6) is 0 Å². The maximum atomic E-state index is 12.8. The van der Waals surface area contributed by atoms with Crippen molar-refractivity contribution in [3.8, 4) is 11.3 Å². The molecule has 8 heteroatoms. The van der Waals surface area contributed by atoms with Crippen molar-refractivity contribution in [2.45, 2.75) is 25.7 Å². The van der Waals surface area contributed by atoms with Gasteiger partial charge in [-0.05, 0) is 44.5 Å². The second kappa shape index (κ2) is 9.07. The van der Waals surface area contributed by atoms with Gasteiger partial charge in [-0.2, -0.15) is 5.10 Å². The molecule has 1 aliphatic heterocycles. The molecule has 152 valence electrons. The minimum Gasteiger partial charge on any atom is -0.427 e. The molecule has 1 fully saturated rings. The Balaban J connectivity index is 0.00000240. The van der Waals surface area contributed by atoms with Gasteiger partial charge >= 0.3 is 5.63 Å². The van der Waals surface area contributed by atoms with Crippen LogP contribution in [0, 0.1) is 6.92 Å². The van der Waals surface area contributed by atoms with Gasteiger partial charge in [0.1, 0.15) is 11.3 Å². The number of anilines is 1. The van der Waals surface area contributed by atoms with Crippen molar-refractivity contribution in [3.63, 3.8) is 0 Å². The number of rotatable bonds is 4. The average Bonchev–Trinajstić information content (AvgIpc) is 3.17. The SMILES string of the molecule is Cc1cc(C2CCNCC2)oc(=O)c1C(=O)Nc1cn[nH]c1-c1ccccc1.Cl. The minimum absolute atomic E-state index is 0. The summed E-state index contributed by atoms with van der Waals surface area (Å²) in [6.07, 6.45) is 3.37. The van der Waals surface area contributed by atoms with Crippen LogP contribution in [0.2, 0.25) is 0 Å². The van der Waals surface area contributed by atoms with Crippen molar-refractivity contribution >= 4 is 24.0 Å². The summed E-state index contributed by atoms with van der Waals surface area (Å²) in [4.78, 5) is 25.4. The Morgan fingerprint density at radius 2 is 1.93 bits per heavy atom. The lowest BCUT2D eigenvalue weighted by atomic mass is 9.94. The zero-order chi connectivity index (χ0) is 19.5. The van der Waals surface area contributed by atoms with E-state index < -0.39 is 11.5 Å². The van der Waals surface area contributed by atoms with Gasteiger partial charge in [0, 0.05) is 11.5 Å². The van der Waals surface area contributed by atoms with E-state index in [2.05, 4.69) is 20.8 Å². The second-order valence-electron chi connectivity index (χ2n) is 7.00. The smallest absolute Gasteiger partial charge is 0.349 e. The molecule has 1 aliphatic rings. The van der Waals surface area contributed by atoms with Crippen LogP contribution in [0.15, 0.2) is 51.8 Å². The molecule has 29 heavy (non-hydrogen) atoms. The largest absolute Gasteiger partial charge is 0.427 e. The first kappa shape index (κ1) is 20.8. The van der Waals surface area contributed by atoms with Gasteiger partial charge in [0.15, 0.2) is 0 Å². The number of nitrogens with zero attached hydrogens (tertiary/aromatic N) is 1. The molecule has 3 N–H and O–H groups in total. The third-order valence-corrected chi connectivity index (χ3v) is 5.09. The summed E-state index contributed by atoms with van der Waals surface area (Å²) in [5.74, 6) is 0.374. The molecular formula is C21H23ClN4O3. The molecule has 3 heterocycles. The van der Waals surface area contributed by atoms with E-state index in [0.717, 1.165) is 31.5 Å². The summed E-state index contributed by atoms with van der Waals surface area (Å²) in [7, 11) is 0. The molecule has 0 atom stereocenters. The van der Waals surface area contributed by atoms with Gasteiger partial charge in [-0.3, -0.25) is 9.89 Å². The first-order valence-corrected chi connectivity index (χ1v) is 9.39. The average molecular weight is 415 g/mol. The number of benzene rings is 1. The molecular weight excluding hydrogens is 392 g/mol. The highest BCUT2D eigenvalue weighted by Gasteiger charge is 2.23. The van der Waals surface area contributed by atoms with E-state index in [1.807, 2.05) is 36.4 Å². The number of hydrogen-bond acceptors (Lipinski definition) is 5. The van der Waals surface area contributed by atoms with Gasteiger partial charge < -0.3 is 15.1 Å². The van der Waals surface area contributed by atoms with E-state index in [4.69, 9.17) is 4.42 Å². The van der Waals surface area contributed by atoms with Crippen LogP contribution in [-0.2, 0) is 0 Å². The predicted octanol–water partition coefficient (Wildman–Crippen LogP) is 3.48. The lowest BCUT2D eigenvalue weighted by molar-refractivity contribution is 0.102. The maximum absolute atomic E-state index is 12.8. The molecule has 0 aliphatic carbocycles. The van der Waals surface area contributed by atoms with Crippen LogP contribution in [-0.4, -0.2) is 29.2 Å². The van der Waals surface area contributed by atoms with Crippen molar-refractivity contribution in [2.75, 3.05) is 18.4 Å². The highest BCUT2D eigenvalue weighted by atomic mass is 35.5. The lowest BCUT2D eigenvalue weighted by Gasteiger charge is -2.21. The van der Waals surface area contributed by atoms with E-state index >= 15 is 0 Å². The summed E-state index contributed by atoms with van der Waals surface area (Å²) in [6, 6.07) is 11.4. The predicted molar refractivity (Wildman–Crippen MR) is 114 cm³/mol. The molecule has 0 unspecified atom stereocenters. The van der Waals surface area contributed by atoms with Crippen LogP contribution in [0.3, 0.4) is 0 Å². The first-order chi connectivity index (χ1) is 13.6. The third kappa shape index (κ3) is 4.41. The van der Waals surface area contributed by atoms with Gasteiger partial charge in [-0.1, -0.05) is 30.3 Å². The molecule has 0 bridgehead atoms. The number of amides is 1. The second-order valence-corrected chi connectivity index (χ2v) is 7.00. The summed E-state index contributed by atoms with van der Waals surface area (Å²) >= 11 is 0. The number of aromatic nitrogens is 2. The van der Waals surface area contributed by atoms with Crippen LogP contribution < -0.4 is 16.3 Å². The molecule has 7 nitrogen and oxygen atoms in total. The highest BCUT2D eigenvalue weighted by molar-refractivity contribution is 6.06. The van der Waals surface area contributed by atoms with Gasteiger partial charge in [0.25, 0.3) is 5.91 Å². The summed E-state index contributed by atoms with van der Waals surface area (Å²) in [6.45, 7) is 3.57. The summed E-state index contributed by atoms with van der Waals surface area (Å²) in [5.41, 5.74) is 2.13. The Morgan fingerprint density at radius 1 is 1.21 bits per heavy atom. The fourth-order valence-corrected chi connectivity index (χ4v) is 3.60. The molecule has 1 saturated heterocycles. The van der Waals surface area contributed by atoms with Crippen molar-refractivity contribution in [1.82, 2.24) is 15.5 Å². The van der Waals surface area contributed by atoms with Crippen LogP contribution in [0.1, 0.15) is 40.4 Å². The Kier molecular flexibility index (Phi) is 6.51. The van der Waals surface area contributed by atoms with Crippen LogP contribution >= 0.6 is 12.4 Å². The van der Waals surface area contributed by atoms with Crippen molar-refractivity contribution in [3.05, 3.63) is 69.9 Å². The van der Waals surface area contributed by atoms with E-state index in [-0.39, 0.29) is 23.9 Å². The zero-order valence-electron chi connectivity index (χ0n) is 16.0. The Bertz CT molecular complexity index is 1040. The van der Waals surface area contributed by atoms with E-state index in [1.165, 1.54) is 6.20 Å². The van der Waals surface area contributed by atoms with Crippen LogP contribution in [0.4, 0.5) is 5.69 Å². The fourth-order valence-electron chi connectivity index (χ4n) is 3.60. The van der Waals surface area contributed by atoms with Crippen molar-refractivity contribution in [1.29, 1.82) is 0 Å². The van der Waals surface area contributed by atoms with Gasteiger partial charge in [-0.25, -0.2) is 4.79 Å². The summed E-state index contributed by atoms with van der Waals surface area (Å²) < 4.78 is 5.52. The monoisotopic (exact) mass is 414 g/mol. The molecule has 0 spiro atoms. The molecule has 3 aromatic rings. The van der Waals surface area contributed by atoms with Gasteiger partial charge in [0.05, 0.1) is 17.6 Å². The molecule has 0 saturated carbocycles. The van der Waals surface area contributed by atoms with Gasteiger partial charge in [0.2, 0.25) is 0 Å². The normalized spacial score (nSPS) is 14.2. The van der Waals surface area contributed by atoms with E-state index in [1.54, 1.807) is 6.92 Å². The van der Waals surface area contributed by atoms with Crippen LogP contribution in [0.25, 0.3) is 11.3 Å². The van der Waals surface area contributed by atoms with Crippen molar-refractivity contribution < 1.29 is 9.21 Å². The molecule has 1 aromatic carbocycles. The molecule has 2 aromatic heterocycles. The minimum atomic E-state index is -0.601. The first-order valence-electron chi connectivity index (χ1n) is 9.39. The number of carbonyl (C=O) groups excluding carboxylic acids is 1. The Morgan fingerprint density at radius 3 is 2.62 bits per heavy atom. The Hall–Kier alpha value is -2.90. The topological polar surface area (TPSA) is 100 Å². The third-order valence-electron chi connectivity index (χ3n) is 5.09. The number of carbonyl (C=O) groups is 1. The van der Waals surface area contributed by atoms with Gasteiger partial charge in [-0.15, -0.1) is 12.4 Å². The number of nitrogens with one attached hydrogen (secondary N) is 3. The molecule has 4 rings (SSSR count). The van der Waals surface area contributed by atoms with E-state index in [9.17, 15) is 9.59 Å². The number of aromatic amines is 1. The number of piperidine rings is 1. The number of hydrogen-bond donors (Lipinski definition) is 3. The maximum Gasteiger partial charge on any atom is 0.349 e. The molecule has 0 radical (unpaired) electrons. The lowest BCUT2D eigenvalue weighted by Crippen LogP contribution is -2.28. The standard InChI is InChI=1S/C21H22N4O3.ClH/c1-13-11-17(14-7-9-22-10-8-14)28-21(27)18(13)20(26)24-16-12-23-25-19(16)15-5-3-2-4-6-15;/h2-6,11-12,14,22H,7-10H2,1H3,(H,23,25)(H,24,26);1H. The number of H-pyrrole nitrogens is 1. The zero-order valence-corrected chi connectivity index (χ0v) is 16.8. The number of halogens is 1. The van der Waals surface area contributed by atoms with Crippen molar-refractivity contribution in [2.24, 2.45) is 0 Å². The molecule has 1 amide bonds. The Labute approximate surface area is 174 Å².